The molecule has 0 atom stereocenters. The van der Waals surface area contributed by atoms with Crippen molar-refractivity contribution in [2.24, 2.45) is 0 Å². The molecule has 0 aliphatic heterocycles. The Kier molecular flexibility index (Phi) is 5.91. The molecule has 0 saturated heterocycles. The molecule has 4 nitrogen and oxygen atoms in total. The van der Waals surface area contributed by atoms with E-state index in [9.17, 15) is 19.3 Å². The Morgan fingerprint density at radius 2 is 2.06 bits per heavy atom. The van der Waals surface area contributed by atoms with Crippen LogP contribution in [0.3, 0.4) is 0 Å². The summed E-state index contributed by atoms with van der Waals surface area (Å²) in [6.07, 6.45) is 1.86. The van der Waals surface area contributed by atoms with Crippen LogP contribution in [0.2, 0.25) is 0 Å². The summed E-state index contributed by atoms with van der Waals surface area (Å²) in [6, 6.07) is 3.40. The molecule has 0 saturated carbocycles. The first-order valence-electron chi connectivity index (χ1n) is 5.54. The van der Waals surface area contributed by atoms with Gasteiger partial charge in [0.25, 0.3) is 5.69 Å². The third-order valence-corrected chi connectivity index (χ3v) is 3.00. The van der Waals surface area contributed by atoms with Crippen molar-refractivity contribution in [1.29, 1.82) is 0 Å². The number of nitro benzene ring substituents is 1. The van der Waals surface area contributed by atoms with Crippen molar-refractivity contribution < 1.29 is 14.1 Å². The van der Waals surface area contributed by atoms with E-state index in [1.165, 1.54) is 12.1 Å². The molecule has 0 spiro atoms. The summed E-state index contributed by atoms with van der Waals surface area (Å²) in [7, 11) is 0. The first-order valence-corrected chi connectivity index (χ1v) is 6.66. The van der Waals surface area contributed by atoms with Crippen molar-refractivity contribution in [1.82, 2.24) is 0 Å². The van der Waals surface area contributed by atoms with Gasteiger partial charge in [-0.25, -0.2) is 4.39 Å². The van der Waals surface area contributed by atoms with E-state index in [0.29, 0.717) is 18.4 Å². The summed E-state index contributed by atoms with van der Waals surface area (Å²) in [5, 5.41) is 11.3. The number of Topliss-reactive ketones (excluding diaryl/α,β-unsaturated/α-hetero) is 1. The fourth-order valence-corrected chi connectivity index (χ4v) is 1.84. The number of benzene rings is 1. The van der Waals surface area contributed by atoms with E-state index in [4.69, 9.17) is 0 Å². The van der Waals surface area contributed by atoms with Crippen LogP contribution in [-0.2, 0) is 11.2 Å². The number of aryl methyl sites for hydroxylation is 1. The van der Waals surface area contributed by atoms with Crippen LogP contribution in [0.5, 0.6) is 0 Å². The first kappa shape index (κ1) is 14.8. The molecule has 0 aliphatic carbocycles. The van der Waals surface area contributed by atoms with Crippen molar-refractivity contribution in [2.45, 2.75) is 25.7 Å². The normalized spacial score (nSPS) is 10.3. The topological polar surface area (TPSA) is 60.2 Å². The van der Waals surface area contributed by atoms with Crippen LogP contribution in [0, 0.1) is 15.9 Å². The maximum absolute atomic E-state index is 13.1. The van der Waals surface area contributed by atoms with Crippen molar-refractivity contribution in [3.05, 3.63) is 39.7 Å². The van der Waals surface area contributed by atoms with Gasteiger partial charge in [0.2, 0.25) is 0 Å². The molecule has 1 aromatic carbocycles. The lowest BCUT2D eigenvalue weighted by molar-refractivity contribution is -0.385. The summed E-state index contributed by atoms with van der Waals surface area (Å²) < 4.78 is 13.1. The predicted molar refractivity (Wildman–Crippen MR) is 69.4 cm³/mol. The zero-order chi connectivity index (χ0) is 13.5. The van der Waals surface area contributed by atoms with Crippen molar-refractivity contribution in [2.75, 3.05) is 5.33 Å². The standard InChI is InChI=1S/C12H13BrFNO3/c13-5-1-2-12(16)4-3-9-6-10(14)8-11(7-9)15(17)18/h6-8H,1-5H2. The SMILES string of the molecule is O=C(CCCBr)CCc1cc(F)cc([N+](=O)[O-])c1. The summed E-state index contributed by atoms with van der Waals surface area (Å²) >= 11 is 3.23. The molecule has 0 aliphatic rings. The Balaban J connectivity index is 2.62. The Morgan fingerprint density at radius 1 is 1.33 bits per heavy atom. The zero-order valence-corrected chi connectivity index (χ0v) is 11.3. The summed E-state index contributed by atoms with van der Waals surface area (Å²) in [5.41, 5.74) is 0.201. The van der Waals surface area contributed by atoms with Crippen LogP contribution in [0.25, 0.3) is 0 Å². The lowest BCUT2D eigenvalue weighted by Gasteiger charge is -2.02. The minimum atomic E-state index is -0.646. The molecule has 0 N–H and O–H groups in total. The summed E-state index contributed by atoms with van der Waals surface area (Å²) in [6.45, 7) is 0. The number of hydrogen-bond acceptors (Lipinski definition) is 3. The molecule has 98 valence electrons. The summed E-state index contributed by atoms with van der Waals surface area (Å²) in [5.74, 6) is -0.562. The van der Waals surface area contributed by atoms with Crippen molar-refractivity contribution in [3.63, 3.8) is 0 Å². The second-order valence-electron chi connectivity index (χ2n) is 3.91. The van der Waals surface area contributed by atoms with E-state index in [1.54, 1.807) is 0 Å². The predicted octanol–water partition coefficient (Wildman–Crippen LogP) is 3.41. The maximum Gasteiger partial charge on any atom is 0.272 e. The summed E-state index contributed by atoms with van der Waals surface area (Å²) in [4.78, 5) is 21.3. The lowest BCUT2D eigenvalue weighted by atomic mass is 10.0. The van der Waals surface area contributed by atoms with E-state index >= 15 is 0 Å². The zero-order valence-electron chi connectivity index (χ0n) is 9.70. The molecule has 18 heavy (non-hydrogen) atoms. The number of nitro groups is 1. The molecule has 0 heterocycles. The molecular weight excluding hydrogens is 305 g/mol. The van der Waals surface area contributed by atoms with Gasteiger partial charge in [-0.15, -0.1) is 0 Å². The minimum absolute atomic E-state index is 0.0846. The monoisotopic (exact) mass is 317 g/mol. The fraction of sp³-hybridized carbons (Fsp3) is 0.417. The molecule has 0 radical (unpaired) electrons. The highest BCUT2D eigenvalue weighted by atomic mass is 79.9. The molecule has 1 aromatic rings. The van der Waals surface area contributed by atoms with Gasteiger partial charge in [0.15, 0.2) is 0 Å². The molecule has 6 heteroatoms. The van der Waals surface area contributed by atoms with Gasteiger partial charge in [-0.2, -0.15) is 0 Å². The highest BCUT2D eigenvalue weighted by Gasteiger charge is 2.10. The fourth-order valence-electron chi connectivity index (χ4n) is 1.56. The highest BCUT2D eigenvalue weighted by molar-refractivity contribution is 9.09. The second kappa shape index (κ2) is 7.20. The van der Waals surface area contributed by atoms with Gasteiger partial charge in [0.05, 0.1) is 11.0 Å². The van der Waals surface area contributed by atoms with Crippen LogP contribution in [0.4, 0.5) is 10.1 Å². The molecule has 0 aromatic heterocycles. The van der Waals surface area contributed by atoms with E-state index in [1.807, 2.05) is 0 Å². The van der Waals surface area contributed by atoms with Crippen molar-refractivity contribution >= 4 is 27.4 Å². The van der Waals surface area contributed by atoms with Crippen LogP contribution in [-0.4, -0.2) is 16.0 Å². The third-order valence-electron chi connectivity index (χ3n) is 2.43. The largest absolute Gasteiger partial charge is 0.300 e. The smallest absolute Gasteiger partial charge is 0.272 e. The number of ketones is 1. The van der Waals surface area contributed by atoms with Gasteiger partial charge in [-0.05, 0) is 24.5 Å². The number of nitrogens with zero attached hydrogens (tertiary/aromatic N) is 1. The van der Waals surface area contributed by atoms with Crippen LogP contribution >= 0.6 is 15.9 Å². The van der Waals surface area contributed by atoms with Crippen molar-refractivity contribution in [3.8, 4) is 0 Å². The van der Waals surface area contributed by atoms with Gasteiger partial charge in [-0.1, -0.05) is 15.9 Å². The third kappa shape index (κ3) is 4.91. The molecule has 0 bridgehead atoms. The lowest BCUT2D eigenvalue weighted by Crippen LogP contribution is -2.01. The van der Waals surface area contributed by atoms with E-state index in [-0.39, 0.29) is 17.9 Å². The van der Waals surface area contributed by atoms with Crippen LogP contribution < -0.4 is 0 Å². The number of hydrogen-bond donors (Lipinski definition) is 0. The Bertz CT molecular complexity index is 451. The highest BCUT2D eigenvalue weighted by Crippen LogP contribution is 2.17. The number of rotatable bonds is 7. The number of non-ortho nitro benzene ring substituents is 1. The van der Waals surface area contributed by atoms with E-state index in [2.05, 4.69) is 15.9 Å². The van der Waals surface area contributed by atoms with Gasteiger partial charge >= 0.3 is 0 Å². The van der Waals surface area contributed by atoms with Gasteiger partial charge in [-0.3, -0.25) is 14.9 Å². The number of halogens is 2. The minimum Gasteiger partial charge on any atom is -0.300 e. The maximum atomic E-state index is 13.1. The number of carbonyl (C=O) groups excluding carboxylic acids is 1. The molecule has 1 rings (SSSR count). The van der Waals surface area contributed by atoms with Gasteiger partial charge in [0.1, 0.15) is 11.6 Å². The Morgan fingerprint density at radius 3 is 2.67 bits per heavy atom. The van der Waals surface area contributed by atoms with Gasteiger partial charge < -0.3 is 0 Å². The average Bonchev–Trinajstić information content (AvgIpc) is 2.33. The number of carbonyl (C=O) groups is 1. The average molecular weight is 318 g/mol. The second-order valence-corrected chi connectivity index (χ2v) is 4.70. The van der Waals surface area contributed by atoms with E-state index < -0.39 is 10.7 Å². The van der Waals surface area contributed by atoms with Crippen LogP contribution in [0.15, 0.2) is 18.2 Å². The molecule has 0 unspecified atom stereocenters. The molecule has 0 amide bonds. The molecule has 0 fully saturated rings. The first-order chi connectivity index (χ1) is 8.52. The quantitative estimate of drug-likeness (QED) is 0.440. The van der Waals surface area contributed by atoms with Gasteiger partial charge in [0, 0.05) is 24.2 Å². The van der Waals surface area contributed by atoms with E-state index in [0.717, 1.165) is 17.8 Å². The number of alkyl halides is 1. The van der Waals surface area contributed by atoms with Crippen LogP contribution in [0.1, 0.15) is 24.8 Å². The Hall–Kier alpha value is -1.30. The Labute approximate surface area is 112 Å². The molecular formula is C12H13BrFNO3.